The number of amides is 1. The lowest BCUT2D eigenvalue weighted by molar-refractivity contribution is -0.115. The molecule has 0 unspecified atom stereocenters. The van der Waals surface area contributed by atoms with Crippen molar-refractivity contribution in [2.24, 2.45) is 0 Å². The van der Waals surface area contributed by atoms with Crippen molar-refractivity contribution >= 4 is 44.6 Å². The summed E-state index contributed by atoms with van der Waals surface area (Å²) in [6, 6.07) is 11.3. The van der Waals surface area contributed by atoms with Crippen molar-refractivity contribution in [2.45, 2.75) is 18.2 Å². The highest BCUT2D eigenvalue weighted by Gasteiger charge is 2.17. The molecule has 4 nitrogen and oxygen atoms in total. The van der Waals surface area contributed by atoms with E-state index in [0.29, 0.717) is 10.0 Å². The van der Waals surface area contributed by atoms with Gasteiger partial charge in [0.05, 0.1) is 26.4 Å². The molecule has 0 aliphatic rings. The van der Waals surface area contributed by atoms with E-state index in [1.165, 1.54) is 12.1 Å². The second-order valence-electron chi connectivity index (χ2n) is 5.03. The molecule has 0 radical (unpaired) electrons. The Morgan fingerprint density at radius 2 is 1.61 bits per heavy atom. The maximum Gasteiger partial charge on any atom is 0.225 e. The zero-order chi connectivity index (χ0) is 17.0. The van der Waals surface area contributed by atoms with Gasteiger partial charge in [-0.1, -0.05) is 47.0 Å². The Morgan fingerprint density at radius 3 is 2.17 bits per heavy atom. The van der Waals surface area contributed by atoms with Gasteiger partial charge in [0.2, 0.25) is 5.91 Å². The third-order valence-corrected chi connectivity index (χ3v) is 5.57. The summed E-state index contributed by atoms with van der Waals surface area (Å²) in [5.41, 5.74) is 1.25. The first-order valence-corrected chi connectivity index (χ1v) is 9.24. The van der Waals surface area contributed by atoms with Crippen LogP contribution in [0.5, 0.6) is 0 Å². The topological polar surface area (TPSA) is 63.2 Å². The van der Waals surface area contributed by atoms with Gasteiger partial charge in [-0.2, -0.15) is 0 Å². The normalized spacial score (nSPS) is 11.3. The number of aryl methyl sites for hydroxylation is 1. The van der Waals surface area contributed by atoms with Gasteiger partial charge in [0.25, 0.3) is 0 Å². The molecule has 1 N–H and O–H groups in total. The number of carbonyl (C=O) groups excluding carboxylic acids is 1. The molecule has 2 aromatic carbocycles. The number of halogens is 2. The van der Waals surface area contributed by atoms with Gasteiger partial charge >= 0.3 is 0 Å². The van der Waals surface area contributed by atoms with E-state index in [2.05, 4.69) is 5.32 Å². The van der Waals surface area contributed by atoms with Crippen LogP contribution in [0.4, 0.5) is 5.69 Å². The van der Waals surface area contributed by atoms with Crippen molar-refractivity contribution in [3.63, 3.8) is 0 Å². The molecule has 2 aromatic rings. The zero-order valence-corrected chi connectivity index (χ0v) is 14.7. The molecule has 7 heteroatoms. The second kappa shape index (κ2) is 7.34. The van der Waals surface area contributed by atoms with Gasteiger partial charge in [0.15, 0.2) is 9.84 Å². The molecule has 0 aromatic heterocycles. The van der Waals surface area contributed by atoms with E-state index in [0.717, 1.165) is 5.56 Å². The third-order valence-electron chi connectivity index (χ3n) is 3.21. The summed E-state index contributed by atoms with van der Waals surface area (Å²) < 4.78 is 24.4. The van der Waals surface area contributed by atoms with Crippen LogP contribution in [0.2, 0.25) is 10.0 Å². The van der Waals surface area contributed by atoms with Crippen LogP contribution in [0.25, 0.3) is 0 Å². The van der Waals surface area contributed by atoms with Crippen LogP contribution in [0.3, 0.4) is 0 Å². The van der Waals surface area contributed by atoms with E-state index in [9.17, 15) is 13.2 Å². The van der Waals surface area contributed by atoms with E-state index in [1.807, 2.05) is 6.92 Å². The lowest BCUT2D eigenvalue weighted by Crippen LogP contribution is -2.17. The van der Waals surface area contributed by atoms with Crippen LogP contribution in [-0.4, -0.2) is 20.1 Å². The Balaban J connectivity index is 2.03. The number of para-hydroxylation sites is 1. The predicted octanol–water partition coefficient (Wildman–Crippen LogP) is 4.10. The minimum atomic E-state index is -3.51. The highest BCUT2D eigenvalue weighted by Crippen LogP contribution is 2.29. The van der Waals surface area contributed by atoms with Crippen molar-refractivity contribution in [3.8, 4) is 0 Å². The van der Waals surface area contributed by atoms with Crippen molar-refractivity contribution in [2.75, 3.05) is 11.1 Å². The summed E-state index contributed by atoms with van der Waals surface area (Å²) in [5, 5.41) is 3.14. The van der Waals surface area contributed by atoms with E-state index in [-0.39, 0.29) is 22.8 Å². The second-order valence-corrected chi connectivity index (χ2v) is 7.95. The van der Waals surface area contributed by atoms with E-state index in [1.54, 1.807) is 30.3 Å². The molecule has 0 atom stereocenters. The summed E-state index contributed by atoms with van der Waals surface area (Å²) in [6.07, 6.45) is -0.183. The van der Waals surface area contributed by atoms with E-state index in [4.69, 9.17) is 23.2 Å². The van der Waals surface area contributed by atoms with Crippen molar-refractivity contribution in [3.05, 3.63) is 58.1 Å². The zero-order valence-electron chi connectivity index (χ0n) is 12.3. The third kappa shape index (κ3) is 4.70. The van der Waals surface area contributed by atoms with Gasteiger partial charge in [-0.15, -0.1) is 0 Å². The predicted molar refractivity (Wildman–Crippen MR) is 92.9 cm³/mol. The molecule has 23 heavy (non-hydrogen) atoms. The van der Waals surface area contributed by atoms with Crippen LogP contribution in [-0.2, 0) is 14.6 Å². The maximum atomic E-state index is 12.2. The fraction of sp³-hybridized carbons (Fsp3) is 0.188. The van der Waals surface area contributed by atoms with Gasteiger partial charge in [-0.25, -0.2) is 8.42 Å². The summed E-state index contributed by atoms with van der Waals surface area (Å²) >= 11 is 11.9. The minimum absolute atomic E-state index is 0.183. The molecule has 0 spiro atoms. The van der Waals surface area contributed by atoms with Crippen LogP contribution >= 0.6 is 23.2 Å². The quantitative estimate of drug-likeness (QED) is 0.859. The molecule has 0 aliphatic carbocycles. The molecule has 0 saturated carbocycles. The molecule has 0 aliphatic heterocycles. The lowest BCUT2D eigenvalue weighted by Gasteiger charge is -2.09. The van der Waals surface area contributed by atoms with Crippen molar-refractivity contribution < 1.29 is 13.2 Å². The average molecular weight is 372 g/mol. The molecule has 0 fully saturated rings. The Kier molecular flexibility index (Phi) is 5.68. The lowest BCUT2D eigenvalue weighted by atomic mass is 10.2. The summed E-state index contributed by atoms with van der Waals surface area (Å²) in [4.78, 5) is 12.2. The number of anilines is 1. The maximum absolute atomic E-state index is 12.2. The van der Waals surface area contributed by atoms with Gasteiger partial charge in [-0.3, -0.25) is 4.79 Å². The molecular weight excluding hydrogens is 357 g/mol. The highest BCUT2D eigenvalue weighted by atomic mass is 35.5. The molecule has 0 heterocycles. The first kappa shape index (κ1) is 17.8. The summed E-state index contributed by atoms with van der Waals surface area (Å²) in [6.45, 7) is 1.87. The monoisotopic (exact) mass is 371 g/mol. The fourth-order valence-corrected chi connectivity index (χ4v) is 3.64. The first-order valence-electron chi connectivity index (χ1n) is 6.83. The molecule has 1 amide bonds. The van der Waals surface area contributed by atoms with Crippen molar-refractivity contribution in [1.29, 1.82) is 0 Å². The number of hydrogen-bond donors (Lipinski definition) is 1. The molecular formula is C16H15Cl2NO3S. The number of benzene rings is 2. The van der Waals surface area contributed by atoms with Crippen LogP contribution in [0.15, 0.2) is 47.4 Å². The minimum Gasteiger partial charge on any atom is -0.324 e. The number of carbonyl (C=O) groups is 1. The largest absolute Gasteiger partial charge is 0.324 e. The number of rotatable bonds is 5. The molecule has 2 rings (SSSR count). The van der Waals surface area contributed by atoms with Crippen LogP contribution in [0.1, 0.15) is 12.0 Å². The highest BCUT2D eigenvalue weighted by molar-refractivity contribution is 7.91. The standard InChI is InChI=1S/C16H15Cl2NO3S/c1-11-5-7-12(8-6-11)23(21,22)10-9-15(20)19-16-13(17)3-2-4-14(16)18/h2-8H,9-10H2,1H3,(H,19,20). The number of hydrogen-bond acceptors (Lipinski definition) is 3. The van der Waals surface area contributed by atoms with Gasteiger partial charge < -0.3 is 5.32 Å². The SMILES string of the molecule is Cc1ccc(S(=O)(=O)CCC(=O)Nc2c(Cl)cccc2Cl)cc1. The summed E-state index contributed by atoms with van der Waals surface area (Å²) in [5.74, 6) is -0.750. The Labute approximate surface area is 145 Å². The number of nitrogens with one attached hydrogen (secondary N) is 1. The Hall–Kier alpha value is -1.56. The van der Waals surface area contributed by atoms with E-state index < -0.39 is 15.7 Å². The van der Waals surface area contributed by atoms with Gasteiger partial charge in [-0.05, 0) is 31.2 Å². The summed E-state index contributed by atoms with van der Waals surface area (Å²) in [7, 11) is -3.51. The molecule has 0 bridgehead atoms. The Morgan fingerprint density at radius 1 is 1.04 bits per heavy atom. The first-order chi connectivity index (χ1) is 10.8. The van der Waals surface area contributed by atoms with Crippen LogP contribution in [0, 0.1) is 6.92 Å². The smallest absolute Gasteiger partial charge is 0.225 e. The molecule has 0 saturated heterocycles. The Bertz CT molecular complexity index is 797. The van der Waals surface area contributed by atoms with Crippen LogP contribution < -0.4 is 5.32 Å². The van der Waals surface area contributed by atoms with Gasteiger partial charge in [0.1, 0.15) is 0 Å². The molecule has 122 valence electrons. The van der Waals surface area contributed by atoms with E-state index >= 15 is 0 Å². The van der Waals surface area contributed by atoms with Crippen molar-refractivity contribution in [1.82, 2.24) is 0 Å². The fourth-order valence-electron chi connectivity index (χ4n) is 1.91. The number of sulfone groups is 1. The average Bonchev–Trinajstić information content (AvgIpc) is 2.50. The van der Waals surface area contributed by atoms with Gasteiger partial charge in [0, 0.05) is 6.42 Å².